The molecule has 2 aliphatic heterocycles. The largest absolute Gasteiger partial charge is 0.493 e. The number of hydrogen-bond donors (Lipinski definition) is 1. The molecule has 2 aromatic rings. The van der Waals surface area contributed by atoms with Crippen LogP contribution in [0.5, 0.6) is 11.5 Å². The third kappa shape index (κ3) is 4.96. The Morgan fingerprint density at radius 2 is 2.06 bits per heavy atom. The van der Waals surface area contributed by atoms with Gasteiger partial charge in [-0.2, -0.15) is 0 Å². The maximum Gasteiger partial charge on any atom is 0.304 e. The Morgan fingerprint density at radius 1 is 1.26 bits per heavy atom. The fourth-order valence-corrected chi connectivity index (χ4v) is 4.78. The van der Waals surface area contributed by atoms with Crippen molar-refractivity contribution in [1.82, 2.24) is 4.90 Å². The lowest BCUT2D eigenvalue weighted by Crippen LogP contribution is -2.44. The fraction of sp³-hybridized carbons (Fsp3) is 0.458. The maximum absolute atomic E-state index is 13.9. The minimum Gasteiger partial charge on any atom is -0.493 e. The molecule has 5 nitrogen and oxygen atoms in total. The van der Waals surface area contributed by atoms with Gasteiger partial charge in [-0.1, -0.05) is 23.7 Å². The van der Waals surface area contributed by atoms with Crippen LogP contribution in [-0.2, 0) is 16.6 Å². The van der Waals surface area contributed by atoms with E-state index < -0.39 is 5.97 Å². The quantitative estimate of drug-likeness (QED) is 0.595. The van der Waals surface area contributed by atoms with Crippen molar-refractivity contribution in [2.24, 2.45) is 0 Å². The van der Waals surface area contributed by atoms with Crippen molar-refractivity contribution in [2.75, 3.05) is 32.8 Å². The van der Waals surface area contributed by atoms with Gasteiger partial charge in [-0.05, 0) is 57.0 Å². The van der Waals surface area contributed by atoms with Crippen LogP contribution in [0, 0.1) is 5.82 Å². The van der Waals surface area contributed by atoms with Crippen molar-refractivity contribution in [3.8, 4) is 11.5 Å². The standard InChI is InChI=1S/C24H27ClFNO4/c25-20-4-1-5-21(26)18(20)3-2-14-30-17-6-7-19-22(15-17)31-16-24(19)9-12-27(13-10-24)11-8-23(28)29/h1,4-7,15H,2-3,8-14,16H2,(H,28,29). The summed E-state index contributed by atoms with van der Waals surface area (Å²) in [4.78, 5) is 13.0. The van der Waals surface area contributed by atoms with Crippen molar-refractivity contribution in [1.29, 1.82) is 0 Å². The molecule has 0 saturated carbocycles. The zero-order valence-corrected chi connectivity index (χ0v) is 18.2. The number of hydrogen-bond acceptors (Lipinski definition) is 4. The lowest BCUT2D eigenvalue weighted by atomic mass is 9.74. The van der Waals surface area contributed by atoms with Crippen molar-refractivity contribution in [3.63, 3.8) is 0 Å². The van der Waals surface area contributed by atoms with Gasteiger partial charge in [0.25, 0.3) is 0 Å². The van der Waals surface area contributed by atoms with E-state index in [0.29, 0.717) is 43.2 Å². The Bertz CT molecular complexity index is 923. The summed E-state index contributed by atoms with van der Waals surface area (Å²) in [7, 11) is 0. The molecule has 1 fully saturated rings. The minimum absolute atomic E-state index is 0.00910. The Labute approximate surface area is 186 Å². The Hall–Kier alpha value is -2.31. The highest BCUT2D eigenvalue weighted by molar-refractivity contribution is 6.31. The van der Waals surface area contributed by atoms with E-state index in [-0.39, 0.29) is 17.7 Å². The van der Waals surface area contributed by atoms with E-state index in [4.69, 9.17) is 26.2 Å². The topological polar surface area (TPSA) is 59.0 Å². The lowest BCUT2D eigenvalue weighted by molar-refractivity contribution is -0.137. The minimum atomic E-state index is -0.751. The molecule has 2 aromatic carbocycles. The van der Waals surface area contributed by atoms with Crippen LogP contribution < -0.4 is 9.47 Å². The van der Waals surface area contributed by atoms with E-state index in [9.17, 15) is 9.18 Å². The molecule has 1 N–H and O–H groups in total. The molecule has 0 atom stereocenters. The third-order valence-corrected chi connectivity index (χ3v) is 6.74. The highest BCUT2D eigenvalue weighted by Crippen LogP contribution is 2.46. The molecule has 166 valence electrons. The first-order chi connectivity index (χ1) is 15.0. The summed E-state index contributed by atoms with van der Waals surface area (Å²) in [5.74, 6) is 0.583. The van der Waals surface area contributed by atoms with Gasteiger partial charge in [-0.3, -0.25) is 4.79 Å². The molecule has 7 heteroatoms. The molecule has 1 spiro atoms. The van der Waals surface area contributed by atoms with Crippen molar-refractivity contribution >= 4 is 17.6 Å². The first-order valence-corrected chi connectivity index (χ1v) is 11.1. The molecular weight excluding hydrogens is 421 g/mol. The van der Waals surface area contributed by atoms with Crippen molar-refractivity contribution in [2.45, 2.75) is 37.5 Å². The number of fused-ring (bicyclic) bond motifs is 2. The van der Waals surface area contributed by atoms with Crippen molar-refractivity contribution in [3.05, 3.63) is 58.4 Å². The smallest absolute Gasteiger partial charge is 0.304 e. The van der Waals surface area contributed by atoms with Gasteiger partial charge in [-0.25, -0.2) is 4.39 Å². The van der Waals surface area contributed by atoms with Gasteiger partial charge in [0.15, 0.2) is 0 Å². The molecule has 0 aliphatic carbocycles. The van der Waals surface area contributed by atoms with Gasteiger partial charge in [0.05, 0.1) is 19.6 Å². The fourth-order valence-electron chi connectivity index (χ4n) is 4.53. The number of carboxylic acids is 1. The number of likely N-dealkylation sites (tertiary alicyclic amines) is 1. The highest BCUT2D eigenvalue weighted by atomic mass is 35.5. The second kappa shape index (κ2) is 9.45. The van der Waals surface area contributed by atoms with E-state index in [1.54, 1.807) is 12.1 Å². The van der Waals surface area contributed by atoms with Crippen LogP contribution in [0.2, 0.25) is 5.02 Å². The van der Waals surface area contributed by atoms with Crippen LogP contribution in [0.3, 0.4) is 0 Å². The number of nitrogens with zero attached hydrogens (tertiary/aromatic N) is 1. The van der Waals surface area contributed by atoms with E-state index in [1.165, 1.54) is 11.6 Å². The lowest BCUT2D eigenvalue weighted by Gasteiger charge is -2.38. The number of benzene rings is 2. The number of halogens is 2. The molecule has 31 heavy (non-hydrogen) atoms. The van der Waals surface area contributed by atoms with E-state index in [0.717, 1.165) is 37.4 Å². The predicted octanol–water partition coefficient (Wildman–Crippen LogP) is 4.69. The van der Waals surface area contributed by atoms with E-state index in [2.05, 4.69) is 11.0 Å². The molecule has 0 unspecified atom stereocenters. The summed E-state index contributed by atoms with van der Waals surface area (Å²) in [6.07, 6.45) is 3.29. The average Bonchev–Trinajstić information content (AvgIpc) is 3.10. The van der Waals surface area contributed by atoms with E-state index in [1.807, 2.05) is 12.1 Å². The Balaban J connectivity index is 1.30. The summed E-state index contributed by atoms with van der Waals surface area (Å²) in [6.45, 7) is 3.49. The number of carbonyl (C=O) groups is 1. The summed E-state index contributed by atoms with van der Waals surface area (Å²) < 4.78 is 25.7. The second-order valence-corrected chi connectivity index (χ2v) is 8.77. The number of piperidine rings is 1. The highest BCUT2D eigenvalue weighted by Gasteiger charge is 2.43. The van der Waals surface area contributed by atoms with Gasteiger partial charge in [0, 0.05) is 34.2 Å². The average molecular weight is 448 g/mol. The molecule has 0 radical (unpaired) electrons. The van der Waals surface area contributed by atoms with E-state index >= 15 is 0 Å². The van der Waals surface area contributed by atoms with Gasteiger partial charge in [0.1, 0.15) is 17.3 Å². The Morgan fingerprint density at radius 3 is 2.81 bits per heavy atom. The predicted molar refractivity (Wildman–Crippen MR) is 117 cm³/mol. The zero-order valence-electron chi connectivity index (χ0n) is 17.4. The molecule has 0 amide bonds. The Kier molecular flexibility index (Phi) is 6.68. The number of carboxylic acid groups (broad SMARTS) is 1. The molecule has 1 saturated heterocycles. The summed E-state index contributed by atoms with van der Waals surface area (Å²) in [6, 6.07) is 10.7. The number of ether oxygens (including phenoxy) is 2. The van der Waals surface area contributed by atoms with Crippen LogP contribution in [-0.4, -0.2) is 48.8 Å². The van der Waals surface area contributed by atoms with Gasteiger partial charge in [0.2, 0.25) is 0 Å². The number of rotatable bonds is 8. The summed E-state index contributed by atoms with van der Waals surface area (Å²) in [5.41, 5.74) is 1.76. The first-order valence-electron chi connectivity index (χ1n) is 10.7. The molecule has 0 aromatic heterocycles. The van der Waals surface area contributed by atoms with Gasteiger partial charge >= 0.3 is 5.97 Å². The monoisotopic (exact) mass is 447 g/mol. The second-order valence-electron chi connectivity index (χ2n) is 8.36. The number of aliphatic carboxylic acids is 1. The molecule has 0 bridgehead atoms. The van der Waals surface area contributed by atoms with Crippen LogP contribution in [0.4, 0.5) is 4.39 Å². The molecule has 2 aliphatic rings. The normalized spacial score (nSPS) is 17.4. The molecule has 2 heterocycles. The van der Waals surface area contributed by atoms with Gasteiger partial charge in [-0.15, -0.1) is 0 Å². The summed E-state index contributed by atoms with van der Waals surface area (Å²) >= 11 is 6.07. The van der Waals surface area contributed by atoms with Crippen LogP contribution in [0.25, 0.3) is 0 Å². The van der Waals surface area contributed by atoms with Crippen LogP contribution in [0.15, 0.2) is 36.4 Å². The maximum atomic E-state index is 13.9. The van der Waals surface area contributed by atoms with Crippen LogP contribution >= 0.6 is 11.6 Å². The van der Waals surface area contributed by atoms with Crippen molar-refractivity contribution < 1.29 is 23.8 Å². The third-order valence-electron chi connectivity index (χ3n) is 6.38. The summed E-state index contributed by atoms with van der Waals surface area (Å²) in [5, 5.41) is 9.33. The molecular formula is C24H27ClFNO4. The van der Waals surface area contributed by atoms with Crippen LogP contribution in [0.1, 0.15) is 36.8 Å². The van der Waals surface area contributed by atoms with Gasteiger partial charge < -0.3 is 19.5 Å². The zero-order chi connectivity index (χ0) is 21.8. The first kappa shape index (κ1) is 21.9. The molecule has 4 rings (SSSR count). The SMILES string of the molecule is O=C(O)CCN1CCC2(CC1)COc1cc(OCCCc3c(F)cccc3Cl)ccc12.